The Morgan fingerprint density at radius 2 is 2.03 bits per heavy atom. The molecule has 3 aromatic heterocycles. The van der Waals surface area contributed by atoms with Crippen LogP contribution in [0, 0.1) is 0 Å². The maximum absolute atomic E-state index is 12.8. The van der Waals surface area contributed by atoms with Crippen molar-refractivity contribution in [2.24, 2.45) is 0 Å². The van der Waals surface area contributed by atoms with E-state index < -0.39 is 0 Å². The number of benzene rings is 1. The van der Waals surface area contributed by atoms with Gasteiger partial charge < -0.3 is 5.32 Å². The Morgan fingerprint density at radius 1 is 1.17 bits per heavy atom. The van der Waals surface area contributed by atoms with Crippen LogP contribution in [0.3, 0.4) is 0 Å². The number of thiazole rings is 1. The van der Waals surface area contributed by atoms with Gasteiger partial charge >= 0.3 is 0 Å². The number of anilines is 1. The number of fused-ring (bicyclic) bond motifs is 2. The van der Waals surface area contributed by atoms with Crippen LogP contribution in [0.1, 0.15) is 34.0 Å². The monoisotopic (exact) mass is 439 g/mol. The second-order valence-corrected chi connectivity index (χ2v) is 10.5. The van der Waals surface area contributed by atoms with E-state index in [1.165, 1.54) is 26.5 Å². The molecule has 0 radical (unpaired) electrons. The lowest BCUT2D eigenvalue weighted by Crippen LogP contribution is -2.35. The van der Waals surface area contributed by atoms with Crippen molar-refractivity contribution >= 4 is 55.1 Å². The van der Waals surface area contributed by atoms with Gasteiger partial charge in [-0.05, 0) is 49.4 Å². The van der Waals surface area contributed by atoms with Crippen LogP contribution >= 0.6 is 34.0 Å². The summed E-state index contributed by atoms with van der Waals surface area (Å²) in [5.41, 5.74) is 3.49. The van der Waals surface area contributed by atoms with Crippen LogP contribution in [0.25, 0.3) is 20.8 Å². The van der Waals surface area contributed by atoms with Gasteiger partial charge in [0.25, 0.3) is 5.91 Å². The predicted molar refractivity (Wildman–Crippen MR) is 124 cm³/mol. The number of carbonyl (C=O) groups excluding carboxylic acids is 1. The average molecular weight is 440 g/mol. The topological polar surface area (TPSA) is 45.2 Å². The Balaban J connectivity index is 1.60. The van der Waals surface area contributed by atoms with E-state index in [0.29, 0.717) is 6.04 Å². The van der Waals surface area contributed by atoms with Crippen LogP contribution in [0.5, 0.6) is 0 Å². The number of thiophene rings is 2. The third-order valence-electron chi connectivity index (χ3n) is 5.30. The fourth-order valence-electron chi connectivity index (χ4n) is 3.73. The number of amides is 1. The Morgan fingerprint density at radius 3 is 2.79 bits per heavy atom. The Hall–Kier alpha value is -2.06. The molecule has 0 fully saturated rings. The summed E-state index contributed by atoms with van der Waals surface area (Å²) in [5, 5.41) is 7.06. The van der Waals surface area contributed by atoms with Crippen molar-refractivity contribution in [1.29, 1.82) is 0 Å². The van der Waals surface area contributed by atoms with E-state index in [4.69, 9.17) is 4.98 Å². The van der Waals surface area contributed by atoms with Crippen molar-refractivity contribution in [1.82, 2.24) is 9.88 Å². The molecular weight excluding hydrogens is 418 g/mol. The summed E-state index contributed by atoms with van der Waals surface area (Å²) in [6.45, 7) is 6.46. The van der Waals surface area contributed by atoms with E-state index in [2.05, 4.69) is 36.2 Å². The maximum atomic E-state index is 12.8. The number of hydrogen-bond acceptors (Lipinski definition) is 6. The first-order chi connectivity index (χ1) is 14.1. The minimum absolute atomic E-state index is 0.0401. The van der Waals surface area contributed by atoms with E-state index in [1.54, 1.807) is 22.7 Å². The molecular formula is C22H21N3OS3. The molecule has 7 heteroatoms. The SMILES string of the molecule is CC(C)N1CCc2c(sc(NC(=O)c3cccs3)c2-c2nc3ccccc3s2)C1. The van der Waals surface area contributed by atoms with Gasteiger partial charge in [-0.1, -0.05) is 18.2 Å². The van der Waals surface area contributed by atoms with E-state index in [-0.39, 0.29) is 5.91 Å². The second-order valence-electron chi connectivity index (χ2n) is 7.44. The number of hydrogen-bond donors (Lipinski definition) is 1. The molecule has 4 heterocycles. The van der Waals surface area contributed by atoms with Gasteiger partial charge in [-0.15, -0.1) is 34.0 Å². The average Bonchev–Trinajstić information content (AvgIpc) is 3.44. The number of para-hydroxylation sites is 1. The molecule has 1 amide bonds. The smallest absolute Gasteiger partial charge is 0.266 e. The van der Waals surface area contributed by atoms with Crippen molar-refractivity contribution in [2.45, 2.75) is 32.9 Å². The first-order valence-corrected chi connectivity index (χ1v) is 12.2. The largest absolute Gasteiger partial charge is 0.312 e. The Labute approximate surface area is 181 Å². The summed E-state index contributed by atoms with van der Waals surface area (Å²) in [5.74, 6) is -0.0401. The van der Waals surface area contributed by atoms with Gasteiger partial charge in [-0.3, -0.25) is 9.69 Å². The fourth-order valence-corrected chi connectivity index (χ4v) is 6.73. The van der Waals surface area contributed by atoms with Gasteiger partial charge in [0.05, 0.1) is 15.1 Å². The molecule has 0 spiro atoms. The van der Waals surface area contributed by atoms with E-state index in [1.807, 2.05) is 29.6 Å². The molecule has 1 aliphatic rings. The standard InChI is InChI=1S/C22H21N3OS3/c1-13(2)25-10-9-14-18(12-25)29-22(24-20(26)17-8-5-11-27-17)19(14)21-23-15-6-3-4-7-16(15)28-21/h3-8,11,13H,9-10,12H2,1-2H3,(H,24,26). The first-order valence-electron chi connectivity index (χ1n) is 9.69. The number of nitrogens with one attached hydrogen (secondary N) is 1. The zero-order valence-corrected chi connectivity index (χ0v) is 18.7. The highest BCUT2D eigenvalue weighted by atomic mass is 32.1. The molecule has 0 aliphatic carbocycles. The summed E-state index contributed by atoms with van der Waals surface area (Å²) in [6.07, 6.45) is 0.990. The molecule has 5 rings (SSSR count). The highest BCUT2D eigenvalue weighted by Crippen LogP contribution is 2.46. The first kappa shape index (κ1) is 18.9. The van der Waals surface area contributed by atoms with E-state index in [0.717, 1.165) is 45.5 Å². The second kappa shape index (κ2) is 7.65. The van der Waals surface area contributed by atoms with Crippen molar-refractivity contribution < 1.29 is 4.79 Å². The maximum Gasteiger partial charge on any atom is 0.266 e. The van der Waals surface area contributed by atoms with Crippen LogP contribution in [0.15, 0.2) is 41.8 Å². The van der Waals surface area contributed by atoms with Crippen molar-refractivity contribution in [3.05, 3.63) is 57.1 Å². The van der Waals surface area contributed by atoms with Crippen LogP contribution in [-0.2, 0) is 13.0 Å². The van der Waals surface area contributed by atoms with Gasteiger partial charge in [0, 0.05) is 29.6 Å². The number of nitrogens with zero attached hydrogens (tertiary/aromatic N) is 2. The van der Waals surface area contributed by atoms with Crippen LogP contribution < -0.4 is 5.32 Å². The lowest BCUT2D eigenvalue weighted by atomic mass is 10.0. The highest BCUT2D eigenvalue weighted by molar-refractivity contribution is 7.23. The summed E-state index contributed by atoms with van der Waals surface area (Å²) in [6, 6.07) is 12.5. The zero-order valence-electron chi connectivity index (χ0n) is 16.3. The third-order valence-corrected chi connectivity index (χ3v) is 8.35. The molecule has 0 unspecified atom stereocenters. The fraction of sp³-hybridized carbons (Fsp3) is 0.273. The van der Waals surface area contributed by atoms with E-state index >= 15 is 0 Å². The molecule has 4 nitrogen and oxygen atoms in total. The molecule has 1 N–H and O–H groups in total. The van der Waals surface area contributed by atoms with Crippen LogP contribution in [-0.4, -0.2) is 28.4 Å². The van der Waals surface area contributed by atoms with Gasteiger partial charge in [-0.25, -0.2) is 4.98 Å². The minimum atomic E-state index is -0.0401. The molecule has 0 atom stereocenters. The molecule has 0 saturated heterocycles. The molecule has 148 valence electrons. The third kappa shape index (κ3) is 3.53. The molecule has 4 aromatic rings. The normalized spacial score (nSPS) is 14.4. The predicted octanol–water partition coefficient (Wildman–Crippen LogP) is 6.11. The number of rotatable bonds is 4. The Bertz CT molecular complexity index is 1140. The minimum Gasteiger partial charge on any atom is -0.312 e. The number of aromatic nitrogens is 1. The molecule has 0 saturated carbocycles. The lowest BCUT2D eigenvalue weighted by molar-refractivity contribution is 0.103. The molecule has 1 aliphatic heterocycles. The number of carbonyl (C=O) groups is 1. The summed E-state index contributed by atoms with van der Waals surface area (Å²) >= 11 is 4.88. The quantitative estimate of drug-likeness (QED) is 0.417. The van der Waals surface area contributed by atoms with Gasteiger partial charge in [0.15, 0.2) is 0 Å². The Kier molecular flexibility index (Phi) is 4.99. The van der Waals surface area contributed by atoms with Gasteiger partial charge in [0.2, 0.25) is 0 Å². The van der Waals surface area contributed by atoms with Crippen molar-refractivity contribution in [3.8, 4) is 10.6 Å². The summed E-state index contributed by atoms with van der Waals surface area (Å²) < 4.78 is 1.18. The van der Waals surface area contributed by atoms with Gasteiger partial charge in [0.1, 0.15) is 10.0 Å². The summed E-state index contributed by atoms with van der Waals surface area (Å²) in [4.78, 5) is 22.3. The highest BCUT2D eigenvalue weighted by Gasteiger charge is 2.28. The van der Waals surface area contributed by atoms with E-state index in [9.17, 15) is 4.79 Å². The summed E-state index contributed by atoms with van der Waals surface area (Å²) in [7, 11) is 0. The van der Waals surface area contributed by atoms with Crippen molar-refractivity contribution in [2.75, 3.05) is 11.9 Å². The van der Waals surface area contributed by atoms with Crippen molar-refractivity contribution in [3.63, 3.8) is 0 Å². The molecule has 1 aromatic carbocycles. The lowest BCUT2D eigenvalue weighted by Gasteiger charge is -2.30. The molecule has 0 bridgehead atoms. The van der Waals surface area contributed by atoms with Crippen LogP contribution in [0.4, 0.5) is 5.00 Å². The molecule has 29 heavy (non-hydrogen) atoms. The van der Waals surface area contributed by atoms with Crippen LogP contribution in [0.2, 0.25) is 0 Å². The zero-order chi connectivity index (χ0) is 20.0. The van der Waals surface area contributed by atoms with Gasteiger partial charge in [-0.2, -0.15) is 0 Å².